The lowest BCUT2D eigenvalue weighted by Crippen LogP contribution is -2.36. The van der Waals surface area contributed by atoms with Gasteiger partial charge in [-0.15, -0.1) is 35.3 Å². The molecule has 0 bridgehead atoms. The van der Waals surface area contributed by atoms with Crippen LogP contribution in [-0.2, 0) is 13.1 Å². The first-order chi connectivity index (χ1) is 9.79. The van der Waals surface area contributed by atoms with E-state index in [9.17, 15) is 0 Å². The number of hydrogen-bond donors (Lipinski definition) is 2. The van der Waals surface area contributed by atoms with E-state index in [2.05, 4.69) is 45.9 Å². The van der Waals surface area contributed by atoms with Gasteiger partial charge in [-0.1, -0.05) is 6.07 Å². The minimum absolute atomic E-state index is 0. The molecule has 2 rings (SSSR count). The Kier molecular flexibility index (Phi) is 8.29. The standard InChI is InChI=1S/C15H20N4S.HI/c1-3-16-15(18-10-13-6-4-5-8-17-13)19-11-14-12(2)7-9-20-14;/h4-9H,3,10-11H2,1-2H3,(H2,16,18,19);1H. The van der Waals surface area contributed by atoms with Crippen LogP contribution in [-0.4, -0.2) is 17.5 Å². The van der Waals surface area contributed by atoms with Crippen LogP contribution >= 0.6 is 35.3 Å². The van der Waals surface area contributed by atoms with Crippen molar-refractivity contribution in [3.8, 4) is 0 Å². The van der Waals surface area contributed by atoms with Crippen molar-refractivity contribution in [1.82, 2.24) is 15.6 Å². The van der Waals surface area contributed by atoms with Gasteiger partial charge >= 0.3 is 0 Å². The van der Waals surface area contributed by atoms with Gasteiger partial charge in [0.25, 0.3) is 0 Å². The Hall–Kier alpha value is -1.15. The number of guanidine groups is 1. The highest BCUT2D eigenvalue weighted by Crippen LogP contribution is 2.14. The molecule has 0 aliphatic heterocycles. The summed E-state index contributed by atoms with van der Waals surface area (Å²) in [5.74, 6) is 0.825. The number of aryl methyl sites for hydroxylation is 1. The number of rotatable bonds is 5. The fourth-order valence-electron chi connectivity index (χ4n) is 1.74. The summed E-state index contributed by atoms with van der Waals surface area (Å²) in [5.41, 5.74) is 2.29. The first-order valence-corrected chi connectivity index (χ1v) is 7.62. The quantitative estimate of drug-likeness (QED) is 0.447. The van der Waals surface area contributed by atoms with Crippen LogP contribution in [0.1, 0.15) is 23.1 Å². The number of pyridine rings is 1. The normalized spacial score (nSPS) is 10.9. The summed E-state index contributed by atoms with van der Waals surface area (Å²) >= 11 is 1.77. The first kappa shape index (κ1) is 17.9. The molecular formula is C15H21IN4S. The summed E-state index contributed by atoms with van der Waals surface area (Å²) in [6.07, 6.45) is 1.79. The fourth-order valence-corrected chi connectivity index (χ4v) is 2.59. The third-order valence-corrected chi connectivity index (χ3v) is 3.88. The molecule has 0 aliphatic carbocycles. The van der Waals surface area contributed by atoms with Crippen LogP contribution in [0, 0.1) is 6.92 Å². The molecule has 2 aromatic heterocycles. The Morgan fingerprint density at radius 2 is 2.14 bits per heavy atom. The van der Waals surface area contributed by atoms with Gasteiger partial charge in [0, 0.05) is 17.6 Å². The summed E-state index contributed by atoms with van der Waals surface area (Å²) in [7, 11) is 0. The second-order valence-electron chi connectivity index (χ2n) is 4.40. The molecule has 0 fully saturated rings. The Balaban J connectivity index is 0.00000220. The maximum Gasteiger partial charge on any atom is 0.191 e. The smallest absolute Gasteiger partial charge is 0.191 e. The predicted molar refractivity (Wildman–Crippen MR) is 100 cm³/mol. The van der Waals surface area contributed by atoms with Gasteiger partial charge in [0.2, 0.25) is 0 Å². The zero-order chi connectivity index (χ0) is 14.2. The van der Waals surface area contributed by atoms with Crippen molar-refractivity contribution in [1.29, 1.82) is 0 Å². The molecule has 0 unspecified atom stereocenters. The van der Waals surface area contributed by atoms with Gasteiger partial charge in [-0.3, -0.25) is 4.98 Å². The topological polar surface area (TPSA) is 49.3 Å². The van der Waals surface area contributed by atoms with Crippen molar-refractivity contribution in [2.75, 3.05) is 6.54 Å². The minimum Gasteiger partial charge on any atom is -0.357 e. The third-order valence-electron chi connectivity index (χ3n) is 2.85. The van der Waals surface area contributed by atoms with E-state index in [4.69, 9.17) is 0 Å². The van der Waals surface area contributed by atoms with E-state index in [1.54, 1.807) is 17.5 Å². The van der Waals surface area contributed by atoms with Crippen molar-refractivity contribution < 1.29 is 0 Å². The van der Waals surface area contributed by atoms with Gasteiger partial charge in [-0.2, -0.15) is 0 Å². The highest BCUT2D eigenvalue weighted by Gasteiger charge is 2.02. The molecular weight excluding hydrogens is 395 g/mol. The van der Waals surface area contributed by atoms with E-state index in [-0.39, 0.29) is 24.0 Å². The Bertz CT molecular complexity index is 554. The highest BCUT2D eigenvalue weighted by atomic mass is 127. The lowest BCUT2D eigenvalue weighted by Gasteiger charge is -2.10. The maximum absolute atomic E-state index is 4.55. The third kappa shape index (κ3) is 6.01. The van der Waals surface area contributed by atoms with E-state index < -0.39 is 0 Å². The zero-order valence-corrected chi connectivity index (χ0v) is 15.4. The van der Waals surface area contributed by atoms with Gasteiger partial charge < -0.3 is 10.6 Å². The average Bonchev–Trinajstić information content (AvgIpc) is 2.88. The molecule has 2 N–H and O–H groups in total. The summed E-state index contributed by atoms with van der Waals surface area (Å²) in [6, 6.07) is 8.01. The Morgan fingerprint density at radius 3 is 2.76 bits per heavy atom. The van der Waals surface area contributed by atoms with Crippen LogP contribution in [0.5, 0.6) is 0 Å². The Morgan fingerprint density at radius 1 is 1.29 bits per heavy atom. The van der Waals surface area contributed by atoms with E-state index in [0.717, 1.165) is 24.7 Å². The van der Waals surface area contributed by atoms with Crippen molar-refractivity contribution in [2.45, 2.75) is 26.9 Å². The van der Waals surface area contributed by atoms with Gasteiger partial charge in [-0.05, 0) is 43.0 Å². The average molecular weight is 416 g/mol. The fraction of sp³-hybridized carbons (Fsp3) is 0.333. The van der Waals surface area contributed by atoms with Crippen LogP contribution in [0.15, 0.2) is 40.8 Å². The Labute approximate surface area is 147 Å². The maximum atomic E-state index is 4.55. The molecule has 0 amide bonds. The van der Waals surface area contributed by atoms with Gasteiger partial charge in [0.05, 0.1) is 18.8 Å². The molecule has 0 saturated carbocycles. The molecule has 0 aliphatic rings. The molecule has 0 spiro atoms. The molecule has 0 atom stereocenters. The molecule has 114 valence electrons. The molecule has 6 heteroatoms. The number of aromatic nitrogens is 1. The summed E-state index contributed by atoms with van der Waals surface area (Å²) in [4.78, 5) is 10.2. The van der Waals surface area contributed by atoms with Gasteiger partial charge in [0.1, 0.15) is 0 Å². The van der Waals surface area contributed by atoms with Crippen molar-refractivity contribution in [3.63, 3.8) is 0 Å². The molecule has 0 aromatic carbocycles. The number of halogens is 1. The van der Waals surface area contributed by atoms with Crippen molar-refractivity contribution in [2.24, 2.45) is 4.99 Å². The van der Waals surface area contributed by atoms with E-state index in [0.29, 0.717) is 6.54 Å². The molecule has 4 nitrogen and oxygen atoms in total. The van der Waals surface area contributed by atoms with Crippen LogP contribution in [0.3, 0.4) is 0 Å². The lowest BCUT2D eigenvalue weighted by molar-refractivity contribution is 0.816. The summed E-state index contributed by atoms with van der Waals surface area (Å²) in [5, 5.41) is 8.72. The van der Waals surface area contributed by atoms with Crippen LogP contribution in [0.25, 0.3) is 0 Å². The number of hydrogen-bond acceptors (Lipinski definition) is 3. The summed E-state index contributed by atoms with van der Waals surface area (Å²) < 4.78 is 0. The number of thiophene rings is 1. The van der Waals surface area contributed by atoms with Crippen LogP contribution < -0.4 is 10.6 Å². The predicted octanol–water partition coefficient (Wildman–Crippen LogP) is 3.32. The van der Waals surface area contributed by atoms with E-state index in [1.807, 2.05) is 18.2 Å². The number of nitrogens with zero attached hydrogens (tertiary/aromatic N) is 2. The highest BCUT2D eigenvalue weighted by molar-refractivity contribution is 14.0. The number of aliphatic imine (C=N–C) groups is 1. The molecule has 0 radical (unpaired) electrons. The van der Waals surface area contributed by atoms with Crippen LogP contribution in [0.4, 0.5) is 0 Å². The zero-order valence-electron chi connectivity index (χ0n) is 12.3. The molecule has 2 heterocycles. The molecule has 21 heavy (non-hydrogen) atoms. The SMILES string of the molecule is CCNC(=NCc1ccccn1)NCc1sccc1C.I. The minimum atomic E-state index is 0. The molecule has 0 saturated heterocycles. The monoisotopic (exact) mass is 416 g/mol. The van der Waals surface area contributed by atoms with E-state index >= 15 is 0 Å². The first-order valence-electron chi connectivity index (χ1n) is 6.74. The van der Waals surface area contributed by atoms with E-state index in [1.165, 1.54) is 10.4 Å². The summed E-state index contributed by atoms with van der Waals surface area (Å²) in [6.45, 7) is 6.43. The second kappa shape index (κ2) is 9.73. The number of nitrogens with one attached hydrogen (secondary N) is 2. The van der Waals surface area contributed by atoms with Crippen LogP contribution in [0.2, 0.25) is 0 Å². The largest absolute Gasteiger partial charge is 0.357 e. The van der Waals surface area contributed by atoms with Crippen molar-refractivity contribution in [3.05, 3.63) is 52.0 Å². The molecule has 2 aromatic rings. The lowest BCUT2D eigenvalue weighted by atomic mass is 10.3. The van der Waals surface area contributed by atoms with Gasteiger partial charge in [-0.25, -0.2) is 4.99 Å². The second-order valence-corrected chi connectivity index (χ2v) is 5.40. The van der Waals surface area contributed by atoms with Crippen molar-refractivity contribution >= 4 is 41.3 Å². The van der Waals surface area contributed by atoms with Gasteiger partial charge in [0.15, 0.2) is 5.96 Å².